The third-order valence-corrected chi connectivity index (χ3v) is 2.33. The van der Waals surface area contributed by atoms with E-state index in [1.54, 1.807) is 18.2 Å². The summed E-state index contributed by atoms with van der Waals surface area (Å²) in [6.45, 7) is 0. The molecule has 1 aromatic carbocycles. The molecule has 0 bridgehead atoms. The van der Waals surface area contributed by atoms with Gasteiger partial charge in [0.05, 0.1) is 21.1 Å². The van der Waals surface area contributed by atoms with Crippen molar-refractivity contribution in [3.63, 3.8) is 0 Å². The highest BCUT2D eigenvalue weighted by atomic mass is 16.6. The number of nitro benzene ring substituents is 2. The molecule has 7 nitrogen and oxygen atoms in total. The van der Waals surface area contributed by atoms with E-state index in [1.807, 2.05) is 0 Å². The van der Waals surface area contributed by atoms with E-state index in [0.29, 0.717) is 5.69 Å². The first-order valence-corrected chi connectivity index (χ1v) is 4.94. The van der Waals surface area contributed by atoms with E-state index in [1.165, 1.54) is 18.3 Å². The fraction of sp³-hybridized carbons (Fsp3) is 0. The number of pyridine rings is 1. The maximum Gasteiger partial charge on any atom is 0.355 e. The van der Waals surface area contributed by atoms with Gasteiger partial charge in [-0.3, -0.25) is 25.2 Å². The Hall–Kier alpha value is -2.83. The molecule has 1 aromatic heterocycles. The molecule has 0 atom stereocenters. The van der Waals surface area contributed by atoms with Crippen LogP contribution >= 0.6 is 0 Å². The van der Waals surface area contributed by atoms with Gasteiger partial charge in [-0.2, -0.15) is 0 Å². The van der Waals surface area contributed by atoms with Gasteiger partial charge in [0.25, 0.3) is 0 Å². The average molecular weight is 245 g/mol. The topological polar surface area (TPSA) is 99.2 Å². The molecule has 0 saturated heterocycles. The van der Waals surface area contributed by atoms with E-state index in [0.717, 1.165) is 6.07 Å². The van der Waals surface area contributed by atoms with Crippen LogP contribution in [0.15, 0.2) is 42.6 Å². The number of nitro groups is 2. The molecular weight excluding hydrogens is 238 g/mol. The van der Waals surface area contributed by atoms with Crippen LogP contribution in [-0.4, -0.2) is 14.8 Å². The Kier molecular flexibility index (Phi) is 2.96. The van der Waals surface area contributed by atoms with E-state index in [2.05, 4.69) is 4.98 Å². The molecule has 2 rings (SSSR count). The standard InChI is InChI=1S/C11H7N3O4/c15-13(16)10-6-3-4-8(11(10)14(17)18)9-5-1-2-7-12-9/h1-7H. The number of nitrogens with zero attached hydrogens (tertiary/aromatic N) is 3. The highest BCUT2D eigenvalue weighted by molar-refractivity contribution is 5.77. The van der Waals surface area contributed by atoms with E-state index >= 15 is 0 Å². The van der Waals surface area contributed by atoms with Gasteiger partial charge in [0.2, 0.25) is 0 Å². The van der Waals surface area contributed by atoms with Crippen molar-refractivity contribution in [2.45, 2.75) is 0 Å². The Bertz CT molecular complexity index is 613. The third kappa shape index (κ3) is 2.01. The number of hydrogen-bond acceptors (Lipinski definition) is 5. The molecule has 2 aromatic rings. The molecule has 0 radical (unpaired) electrons. The maximum absolute atomic E-state index is 11.0. The summed E-state index contributed by atoms with van der Waals surface area (Å²) in [5.41, 5.74) is -0.618. The van der Waals surface area contributed by atoms with Crippen molar-refractivity contribution in [3.05, 3.63) is 62.8 Å². The summed E-state index contributed by atoms with van der Waals surface area (Å²) in [6, 6.07) is 8.82. The molecule has 18 heavy (non-hydrogen) atoms. The Balaban J connectivity index is 2.72. The molecule has 7 heteroatoms. The Labute approximate surface area is 101 Å². The number of rotatable bonds is 3. The molecule has 0 spiro atoms. The van der Waals surface area contributed by atoms with Crippen molar-refractivity contribution in [2.24, 2.45) is 0 Å². The van der Waals surface area contributed by atoms with Crippen LogP contribution < -0.4 is 0 Å². The highest BCUT2D eigenvalue weighted by Gasteiger charge is 2.28. The van der Waals surface area contributed by atoms with Gasteiger partial charge in [-0.15, -0.1) is 0 Å². The Morgan fingerprint density at radius 3 is 2.28 bits per heavy atom. The second-order valence-corrected chi connectivity index (χ2v) is 3.40. The first kappa shape index (κ1) is 11.6. The molecule has 0 aliphatic carbocycles. The van der Waals surface area contributed by atoms with Crippen molar-refractivity contribution in [1.82, 2.24) is 4.98 Å². The second kappa shape index (κ2) is 4.58. The van der Waals surface area contributed by atoms with Crippen molar-refractivity contribution in [3.8, 4) is 11.3 Å². The fourth-order valence-electron chi connectivity index (χ4n) is 1.60. The first-order chi connectivity index (χ1) is 8.61. The van der Waals surface area contributed by atoms with Crippen LogP contribution in [0, 0.1) is 20.2 Å². The lowest BCUT2D eigenvalue weighted by atomic mass is 10.1. The monoisotopic (exact) mass is 245 g/mol. The normalized spacial score (nSPS) is 10.0. The average Bonchev–Trinajstić information content (AvgIpc) is 2.38. The zero-order valence-electron chi connectivity index (χ0n) is 9.02. The summed E-state index contributed by atoms with van der Waals surface area (Å²) in [5, 5.41) is 21.8. The van der Waals surface area contributed by atoms with Crippen molar-refractivity contribution < 1.29 is 9.85 Å². The highest BCUT2D eigenvalue weighted by Crippen LogP contribution is 2.36. The van der Waals surface area contributed by atoms with E-state index in [9.17, 15) is 20.2 Å². The van der Waals surface area contributed by atoms with Crippen molar-refractivity contribution >= 4 is 11.4 Å². The van der Waals surface area contributed by atoms with Gasteiger partial charge in [0, 0.05) is 12.3 Å². The van der Waals surface area contributed by atoms with Gasteiger partial charge in [-0.25, -0.2) is 0 Å². The van der Waals surface area contributed by atoms with Gasteiger partial charge < -0.3 is 0 Å². The minimum atomic E-state index is -0.773. The molecule has 90 valence electrons. The van der Waals surface area contributed by atoms with Crippen LogP contribution in [0.3, 0.4) is 0 Å². The zero-order chi connectivity index (χ0) is 13.1. The van der Waals surface area contributed by atoms with Crippen LogP contribution in [0.25, 0.3) is 11.3 Å². The summed E-state index contributed by atoms with van der Waals surface area (Å²) < 4.78 is 0. The quantitative estimate of drug-likeness (QED) is 0.611. The number of para-hydroxylation sites is 1. The zero-order valence-corrected chi connectivity index (χ0v) is 9.02. The van der Waals surface area contributed by atoms with E-state index in [-0.39, 0.29) is 5.56 Å². The molecule has 0 aliphatic rings. The predicted molar refractivity (Wildman–Crippen MR) is 63.0 cm³/mol. The van der Waals surface area contributed by atoms with E-state index in [4.69, 9.17) is 0 Å². The molecular formula is C11H7N3O4. The van der Waals surface area contributed by atoms with Crippen molar-refractivity contribution in [1.29, 1.82) is 0 Å². The SMILES string of the molecule is O=[N+]([O-])c1cccc(-c2ccccn2)c1[N+](=O)[O-]. The largest absolute Gasteiger partial charge is 0.355 e. The molecule has 0 N–H and O–H groups in total. The van der Waals surface area contributed by atoms with Gasteiger partial charge in [0.15, 0.2) is 0 Å². The molecule has 0 amide bonds. The van der Waals surface area contributed by atoms with Crippen LogP contribution in [-0.2, 0) is 0 Å². The first-order valence-electron chi connectivity index (χ1n) is 4.94. The molecule has 0 saturated carbocycles. The summed E-state index contributed by atoms with van der Waals surface area (Å²) in [5.74, 6) is 0. The summed E-state index contributed by atoms with van der Waals surface area (Å²) in [7, 11) is 0. The predicted octanol–water partition coefficient (Wildman–Crippen LogP) is 2.57. The Morgan fingerprint density at radius 1 is 0.944 bits per heavy atom. The van der Waals surface area contributed by atoms with Crippen LogP contribution in [0.1, 0.15) is 0 Å². The third-order valence-electron chi connectivity index (χ3n) is 2.33. The van der Waals surface area contributed by atoms with Gasteiger partial charge in [-0.05, 0) is 18.2 Å². The smallest absolute Gasteiger partial charge is 0.258 e. The minimum Gasteiger partial charge on any atom is -0.258 e. The lowest BCUT2D eigenvalue weighted by Crippen LogP contribution is -1.99. The lowest BCUT2D eigenvalue weighted by molar-refractivity contribution is -0.422. The number of hydrogen-bond donors (Lipinski definition) is 0. The lowest BCUT2D eigenvalue weighted by Gasteiger charge is -2.02. The summed E-state index contributed by atoms with van der Waals surface area (Å²) >= 11 is 0. The number of benzene rings is 1. The molecule has 0 fully saturated rings. The van der Waals surface area contributed by atoms with Crippen LogP contribution in [0.5, 0.6) is 0 Å². The van der Waals surface area contributed by atoms with Gasteiger partial charge in [-0.1, -0.05) is 12.1 Å². The fourth-order valence-corrected chi connectivity index (χ4v) is 1.60. The van der Waals surface area contributed by atoms with Gasteiger partial charge in [0.1, 0.15) is 0 Å². The summed E-state index contributed by atoms with van der Waals surface area (Å²) in [6.07, 6.45) is 1.47. The second-order valence-electron chi connectivity index (χ2n) is 3.40. The van der Waals surface area contributed by atoms with Gasteiger partial charge >= 0.3 is 11.4 Å². The molecule has 0 aliphatic heterocycles. The van der Waals surface area contributed by atoms with Crippen molar-refractivity contribution in [2.75, 3.05) is 0 Å². The van der Waals surface area contributed by atoms with Crippen LogP contribution in [0.2, 0.25) is 0 Å². The Morgan fingerprint density at radius 2 is 1.72 bits per heavy atom. The van der Waals surface area contributed by atoms with Crippen LogP contribution in [0.4, 0.5) is 11.4 Å². The maximum atomic E-state index is 11.0. The number of aromatic nitrogens is 1. The summed E-state index contributed by atoms with van der Waals surface area (Å²) in [4.78, 5) is 24.2. The van der Waals surface area contributed by atoms with E-state index < -0.39 is 21.2 Å². The molecule has 1 heterocycles. The molecule has 0 unspecified atom stereocenters. The minimum absolute atomic E-state index is 0.134.